The van der Waals surface area contributed by atoms with Crippen LogP contribution in [0.15, 0.2) is 66.7 Å². The predicted octanol–water partition coefficient (Wildman–Crippen LogP) is 4.06. The third-order valence-corrected chi connectivity index (χ3v) is 5.03. The Morgan fingerprint density at radius 3 is 2.23 bits per heavy atom. The molecule has 0 N–H and O–H groups in total. The number of nitrogens with zero attached hydrogens (tertiary/aromatic N) is 2. The largest absolute Gasteiger partial charge is 0.457 e. The van der Waals surface area contributed by atoms with Crippen molar-refractivity contribution >= 4 is 29.2 Å². The number of benzene rings is 3. The highest BCUT2D eigenvalue weighted by atomic mass is 16.6. The number of hydrogen-bond donors (Lipinski definition) is 0. The number of fused-ring (bicyclic) bond motifs is 1. The van der Waals surface area contributed by atoms with Crippen molar-refractivity contribution in [3.8, 4) is 0 Å². The van der Waals surface area contributed by atoms with Gasteiger partial charge in [-0.25, -0.2) is 9.69 Å². The molecule has 1 aliphatic heterocycles. The van der Waals surface area contributed by atoms with E-state index in [0.29, 0.717) is 16.7 Å². The van der Waals surface area contributed by atoms with Gasteiger partial charge in [-0.15, -0.1) is 0 Å². The molecule has 8 nitrogen and oxygen atoms in total. The van der Waals surface area contributed by atoms with E-state index in [9.17, 15) is 24.5 Å². The lowest BCUT2D eigenvalue weighted by molar-refractivity contribution is -0.385. The Labute approximate surface area is 176 Å². The SMILES string of the molecule is Cc1ccc(C(=O)OCc2ccccc2[N+](=O)[O-])cc1N1C(=O)c2ccccc2C1=O. The summed E-state index contributed by atoms with van der Waals surface area (Å²) < 4.78 is 5.25. The van der Waals surface area contributed by atoms with Crippen LogP contribution >= 0.6 is 0 Å². The number of ether oxygens (including phenoxy) is 1. The first-order valence-corrected chi connectivity index (χ1v) is 9.36. The fourth-order valence-corrected chi connectivity index (χ4v) is 3.42. The lowest BCUT2D eigenvalue weighted by atomic mass is 10.1. The molecule has 0 spiro atoms. The first-order valence-electron chi connectivity index (χ1n) is 9.36. The van der Waals surface area contributed by atoms with Crippen LogP contribution in [0.4, 0.5) is 11.4 Å². The van der Waals surface area contributed by atoms with Crippen molar-refractivity contribution in [3.05, 3.63) is 105 Å². The highest BCUT2D eigenvalue weighted by molar-refractivity contribution is 6.34. The molecule has 3 aromatic rings. The van der Waals surface area contributed by atoms with Gasteiger partial charge < -0.3 is 4.74 Å². The van der Waals surface area contributed by atoms with Gasteiger partial charge in [0.15, 0.2) is 0 Å². The molecule has 154 valence electrons. The third-order valence-electron chi connectivity index (χ3n) is 5.03. The van der Waals surface area contributed by atoms with E-state index in [1.165, 1.54) is 30.3 Å². The smallest absolute Gasteiger partial charge is 0.338 e. The molecular weight excluding hydrogens is 400 g/mol. The van der Waals surface area contributed by atoms with Gasteiger partial charge in [0.2, 0.25) is 0 Å². The Kier molecular flexibility index (Phi) is 5.04. The normalized spacial score (nSPS) is 12.6. The molecule has 0 aliphatic carbocycles. The molecule has 0 radical (unpaired) electrons. The van der Waals surface area contributed by atoms with Crippen molar-refractivity contribution in [2.45, 2.75) is 13.5 Å². The fraction of sp³-hybridized carbons (Fsp3) is 0.0870. The second-order valence-corrected chi connectivity index (χ2v) is 6.95. The van der Waals surface area contributed by atoms with Gasteiger partial charge >= 0.3 is 5.97 Å². The minimum absolute atomic E-state index is 0.121. The van der Waals surface area contributed by atoms with E-state index < -0.39 is 22.7 Å². The van der Waals surface area contributed by atoms with Crippen LogP contribution < -0.4 is 4.90 Å². The van der Waals surface area contributed by atoms with Crippen molar-refractivity contribution in [1.29, 1.82) is 0 Å². The molecule has 1 heterocycles. The molecule has 0 aromatic heterocycles. The Morgan fingerprint density at radius 2 is 1.58 bits per heavy atom. The molecule has 0 fully saturated rings. The summed E-state index contributed by atoms with van der Waals surface area (Å²) in [6.45, 7) is 1.44. The predicted molar refractivity (Wildman–Crippen MR) is 111 cm³/mol. The standard InChI is InChI=1S/C23H16N2O6/c1-14-10-11-15(23(28)31-13-16-6-2-5-9-19(16)25(29)30)12-20(14)24-21(26)17-7-3-4-8-18(17)22(24)27/h2-12H,13H2,1H3. The van der Waals surface area contributed by atoms with Crippen LogP contribution in [0.3, 0.4) is 0 Å². The van der Waals surface area contributed by atoms with Crippen LogP contribution in [0.5, 0.6) is 0 Å². The maximum atomic E-state index is 12.8. The van der Waals surface area contributed by atoms with E-state index in [-0.39, 0.29) is 29.1 Å². The summed E-state index contributed by atoms with van der Waals surface area (Å²) in [5.74, 6) is -1.65. The van der Waals surface area contributed by atoms with Crippen LogP contribution in [0, 0.1) is 17.0 Å². The maximum absolute atomic E-state index is 12.8. The minimum Gasteiger partial charge on any atom is -0.457 e. The number of hydrogen-bond acceptors (Lipinski definition) is 6. The minimum atomic E-state index is -0.726. The number of aryl methyl sites for hydroxylation is 1. The van der Waals surface area contributed by atoms with Crippen molar-refractivity contribution in [2.24, 2.45) is 0 Å². The zero-order valence-corrected chi connectivity index (χ0v) is 16.4. The number of nitro groups is 1. The molecule has 1 aliphatic rings. The average molecular weight is 416 g/mol. The molecule has 31 heavy (non-hydrogen) atoms. The zero-order chi connectivity index (χ0) is 22.1. The summed E-state index contributed by atoms with van der Waals surface area (Å²) in [4.78, 5) is 49.7. The van der Waals surface area contributed by atoms with Gasteiger partial charge in [-0.2, -0.15) is 0 Å². The summed E-state index contributed by atoms with van der Waals surface area (Å²) in [7, 11) is 0. The van der Waals surface area contributed by atoms with Gasteiger partial charge in [0.1, 0.15) is 6.61 Å². The van der Waals surface area contributed by atoms with Crippen LogP contribution in [0.1, 0.15) is 42.2 Å². The summed E-state index contributed by atoms with van der Waals surface area (Å²) in [6, 6.07) is 17.0. The summed E-state index contributed by atoms with van der Waals surface area (Å²) in [5.41, 5.74) is 1.75. The van der Waals surface area contributed by atoms with Crippen molar-refractivity contribution in [1.82, 2.24) is 0 Å². The molecule has 0 bridgehead atoms. The van der Waals surface area contributed by atoms with Crippen molar-refractivity contribution < 1.29 is 24.0 Å². The van der Waals surface area contributed by atoms with E-state index in [4.69, 9.17) is 4.74 Å². The maximum Gasteiger partial charge on any atom is 0.338 e. The first-order chi connectivity index (χ1) is 14.9. The number of carbonyl (C=O) groups excluding carboxylic acids is 3. The van der Waals surface area contributed by atoms with Gasteiger partial charge in [-0.3, -0.25) is 19.7 Å². The Morgan fingerprint density at radius 1 is 0.968 bits per heavy atom. The van der Waals surface area contributed by atoms with Crippen LogP contribution in [0.25, 0.3) is 0 Å². The number of esters is 1. The quantitative estimate of drug-likeness (QED) is 0.269. The lowest BCUT2D eigenvalue weighted by Crippen LogP contribution is -2.30. The molecule has 0 saturated carbocycles. The van der Waals surface area contributed by atoms with Crippen molar-refractivity contribution in [2.75, 3.05) is 4.90 Å². The van der Waals surface area contributed by atoms with E-state index in [1.807, 2.05) is 0 Å². The molecule has 0 atom stereocenters. The Bertz CT molecular complexity index is 1220. The average Bonchev–Trinajstić information content (AvgIpc) is 3.03. The number of imide groups is 1. The summed E-state index contributed by atoms with van der Waals surface area (Å²) >= 11 is 0. The van der Waals surface area contributed by atoms with Crippen LogP contribution in [0.2, 0.25) is 0 Å². The van der Waals surface area contributed by atoms with Gasteiger partial charge in [0.25, 0.3) is 17.5 Å². The van der Waals surface area contributed by atoms with E-state index >= 15 is 0 Å². The fourth-order valence-electron chi connectivity index (χ4n) is 3.42. The molecule has 4 rings (SSSR count). The number of anilines is 1. The molecule has 0 saturated heterocycles. The zero-order valence-electron chi connectivity index (χ0n) is 16.4. The first kappa shape index (κ1) is 20.0. The van der Waals surface area contributed by atoms with Gasteiger partial charge in [0.05, 0.1) is 32.9 Å². The number of para-hydroxylation sites is 1. The Balaban J connectivity index is 1.59. The Hall–Kier alpha value is -4.33. The summed E-state index contributed by atoms with van der Waals surface area (Å²) in [6.07, 6.45) is 0. The topological polar surface area (TPSA) is 107 Å². The number of nitro benzene ring substituents is 1. The molecule has 3 aromatic carbocycles. The number of carbonyl (C=O) groups is 3. The van der Waals surface area contributed by atoms with Gasteiger partial charge in [-0.05, 0) is 42.8 Å². The van der Waals surface area contributed by atoms with Crippen molar-refractivity contribution in [3.63, 3.8) is 0 Å². The lowest BCUT2D eigenvalue weighted by Gasteiger charge is -2.17. The highest BCUT2D eigenvalue weighted by Crippen LogP contribution is 2.31. The second-order valence-electron chi connectivity index (χ2n) is 6.95. The molecule has 0 unspecified atom stereocenters. The molecule has 8 heteroatoms. The second kappa shape index (κ2) is 7.83. The number of rotatable bonds is 5. The van der Waals surface area contributed by atoms with Crippen LogP contribution in [-0.2, 0) is 11.3 Å². The van der Waals surface area contributed by atoms with E-state index in [1.54, 1.807) is 43.3 Å². The molecular formula is C23H16N2O6. The molecule has 2 amide bonds. The van der Waals surface area contributed by atoms with Gasteiger partial charge in [0, 0.05) is 6.07 Å². The summed E-state index contributed by atoms with van der Waals surface area (Å²) in [5, 5.41) is 11.1. The highest BCUT2D eigenvalue weighted by Gasteiger charge is 2.37. The number of amides is 2. The van der Waals surface area contributed by atoms with E-state index in [2.05, 4.69) is 0 Å². The third kappa shape index (κ3) is 3.55. The van der Waals surface area contributed by atoms with Crippen LogP contribution in [-0.4, -0.2) is 22.7 Å². The van der Waals surface area contributed by atoms with Gasteiger partial charge in [-0.1, -0.05) is 30.3 Å². The van der Waals surface area contributed by atoms with E-state index in [0.717, 1.165) is 4.90 Å². The monoisotopic (exact) mass is 416 g/mol.